The van der Waals surface area contributed by atoms with Crippen LogP contribution in [0.4, 0.5) is 0 Å². The van der Waals surface area contributed by atoms with E-state index >= 15 is 0 Å². The maximum absolute atomic E-state index is 13.3. The Balaban J connectivity index is 1.37. The lowest BCUT2D eigenvalue weighted by atomic mass is 9.64. The van der Waals surface area contributed by atoms with Crippen LogP contribution in [0.2, 0.25) is 0 Å². The van der Waals surface area contributed by atoms with E-state index in [9.17, 15) is 4.79 Å². The first-order chi connectivity index (χ1) is 14.7. The number of piperidine rings is 2. The molecule has 0 saturated carbocycles. The average molecular weight is 399 g/mol. The van der Waals surface area contributed by atoms with Gasteiger partial charge in [-0.3, -0.25) is 9.78 Å². The van der Waals surface area contributed by atoms with Crippen molar-refractivity contribution in [2.24, 2.45) is 5.92 Å². The topological polar surface area (TPSA) is 61.4 Å². The van der Waals surface area contributed by atoms with Crippen LogP contribution >= 0.6 is 0 Å². The van der Waals surface area contributed by atoms with Crippen LogP contribution in [0.15, 0.2) is 60.8 Å². The zero-order valence-corrected chi connectivity index (χ0v) is 16.9. The molecule has 5 heterocycles. The van der Waals surface area contributed by atoms with Crippen LogP contribution in [0, 0.1) is 5.92 Å². The van der Waals surface area contributed by atoms with E-state index in [2.05, 4.69) is 55.4 Å². The largest absolute Gasteiger partial charge is 0.347 e. The standard InChI is InChI=1S/C24H25N5O/c30-23(21-12-25-19-8-4-5-9-20(19)26-21)27-22-17-13-28-10-11-29(14-17)16-24(22,15-28)18-6-2-1-3-7-18/h1-9,12,17,22H,10-11,13-16H2,(H,27,30)/t17?,22-,24?/m0/s1. The molecule has 0 radical (unpaired) electrons. The molecule has 6 nitrogen and oxygen atoms in total. The van der Waals surface area contributed by atoms with E-state index in [1.54, 1.807) is 6.20 Å². The van der Waals surface area contributed by atoms with E-state index < -0.39 is 0 Å². The van der Waals surface area contributed by atoms with Crippen LogP contribution < -0.4 is 5.32 Å². The number of hydrogen-bond acceptors (Lipinski definition) is 5. The lowest BCUT2D eigenvalue weighted by molar-refractivity contribution is 0.0179. The Bertz CT molecular complexity index is 1080. The molecule has 1 amide bonds. The van der Waals surface area contributed by atoms with Crippen LogP contribution in [0.1, 0.15) is 16.1 Å². The van der Waals surface area contributed by atoms with Crippen molar-refractivity contribution in [1.82, 2.24) is 25.1 Å². The Morgan fingerprint density at radius 3 is 2.33 bits per heavy atom. The fourth-order valence-electron chi connectivity index (χ4n) is 5.85. The van der Waals surface area contributed by atoms with Gasteiger partial charge in [0.2, 0.25) is 0 Å². The van der Waals surface area contributed by atoms with Crippen molar-refractivity contribution in [2.75, 3.05) is 39.3 Å². The molecule has 4 aliphatic heterocycles. The summed E-state index contributed by atoms with van der Waals surface area (Å²) >= 11 is 0. The van der Waals surface area contributed by atoms with Gasteiger partial charge in [-0.15, -0.1) is 0 Å². The second-order valence-electron chi connectivity index (χ2n) is 8.95. The summed E-state index contributed by atoms with van der Waals surface area (Å²) in [5, 5.41) is 3.42. The number of hydrogen-bond donors (Lipinski definition) is 1. The average Bonchev–Trinajstić information content (AvgIpc) is 3.04. The summed E-state index contributed by atoms with van der Waals surface area (Å²) in [7, 11) is 0. The highest BCUT2D eigenvalue weighted by Crippen LogP contribution is 2.43. The number of para-hydroxylation sites is 2. The second kappa shape index (κ2) is 6.86. The molecule has 1 aromatic heterocycles. The summed E-state index contributed by atoms with van der Waals surface area (Å²) in [6.45, 7) is 6.28. The minimum absolute atomic E-state index is 0.0891. The smallest absolute Gasteiger partial charge is 0.271 e. The molecular formula is C24H25N5O. The number of carbonyl (C=O) groups excluding carboxylic acids is 1. The first-order valence-electron chi connectivity index (χ1n) is 10.7. The molecular weight excluding hydrogens is 374 g/mol. The first kappa shape index (κ1) is 18.0. The third-order valence-electron chi connectivity index (χ3n) is 7.11. The predicted octanol–water partition coefficient (Wildman–Crippen LogP) is 1.93. The summed E-state index contributed by atoms with van der Waals surface area (Å²) in [4.78, 5) is 27.5. The molecule has 2 unspecified atom stereocenters. The molecule has 0 spiro atoms. The number of nitrogens with zero attached hydrogens (tertiary/aromatic N) is 4. The molecule has 30 heavy (non-hydrogen) atoms. The van der Waals surface area contributed by atoms with E-state index in [0.717, 1.165) is 50.3 Å². The fourth-order valence-corrected chi connectivity index (χ4v) is 5.85. The highest BCUT2D eigenvalue weighted by atomic mass is 16.2. The second-order valence-corrected chi connectivity index (χ2v) is 8.95. The highest BCUT2D eigenvalue weighted by molar-refractivity contribution is 5.94. The van der Waals surface area contributed by atoms with Crippen LogP contribution in [0.25, 0.3) is 11.0 Å². The first-order valence-corrected chi connectivity index (χ1v) is 10.7. The Kier molecular flexibility index (Phi) is 4.11. The summed E-state index contributed by atoms with van der Waals surface area (Å²) < 4.78 is 0. The Labute approximate surface area is 175 Å². The summed E-state index contributed by atoms with van der Waals surface area (Å²) in [5.74, 6) is 0.289. The van der Waals surface area contributed by atoms with Crippen molar-refractivity contribution < 1.29 is 4.79 Å². The third-order valence-corrected chi connectivity index (χ3v) is 7.11. The Morgan fingerprint density at radius 2 is 1.60 bits per heavy atom. The van der Waals surface area contributed by atoms with Crippen molar-refractivity contribution in [2.45, 2.75) is 11.5 Å². The number of fused-ring (bicyclic) bond motifs is 2. The van der Waals surface area contributed by atoms with Crippen molar-refractivity contribution in [1.29, 1.82) is 0 Å². The van der Waals surface area contributed by atoms with E-state index in [1.807, 2.05) is 24.3 Å². The van der Waals surface area contributed by atoms with Gasteiger partial charge in [-0.05, 0) is 17.7 Å². The van der Waals surface area contributed by atoms with Gasteiger partial charge in [-0.25, -0.2) is 4.98 Å². The fraction of sp³-hybridized carbons (Fsp3) is 0.375. The van der Waals surface area contributed by atoms with E-state index in [4.69, 9.17) is 0 Å². The zero-order valence-electron chi connectivity index (χ0n) is 16.9. The summed E-state index contributed by atoms with van der Waals surface area (Å²) in [5.41, 5.74) is 3.17. The normalized spacial score (nSPS) is 32.1. The van der Waals surface area contributed by atoms with Crippen LogP contribution in [-0.2, 0) is 5.41 Å². The molecule has 3 atom stereocenters. The van der Waals surface area contributed by atoms with Gasteiger partial charge in [0.1, 0.15) is 5.69 Å². The molecule has 4 bridgehead atoms. The van der Waals surface area contributed by atoms with Gasteiger partial charge in [-0.2, -0.15) is 0 Å². The van der Waals surface area contributed by atoms with E-state index in [-0.39, 0.29) is 17.4 Å². The lowest BCUT2D eigenvalue weighted by Crippen LogP contribution is -2.70. The Morgan fingerprint density at radius 1 is 0.933 bits per heavy atom. The third kappa shape index (κ3) is 2.82. The van der Waals surface area contributed by atoms with Gasteiger partial charge < -0.3 is 15.1 Å². The molecule has 0 aliphatic carbocycles. The molecule has 4 fully saturated rings. The number of amides is 1. The molecule has 152 valence electrons. The Hall–Kier alpha value is -2.83. The van der Waals surface area contributed by atoms with E-state index in [0.29, 0.717) is 11.6 Å². The SMILES string of the molecule is O=C(N[C@H]1C2CN3CCN(C2)CC1(c1ccccc1)C3)c1cnc2ccccc2n1. The molecule has 3 aromatic rings. The maximum Gasteiger partial charge on any atom is 0.271 e. The number of rotatable bonds is 3. The van der Waals surface area contributed by atoms with Gasteiger partial charge in [0, 0.05) is 56.6 Å². The van der Waals surface area contributed by atoms with Crippen molar-refractivity contribution in [3.63, 3.8) is 0 Å². The molecule has 1 N–H and O–H groups in total. The minimum atomic E-state index is -0.121. The van der Waals surface area contributed by atoms with Gasteiger partial charge in [-0.1, -0.05) is 42.5 Å². The summed E-state index contributed by atoms with van der Waals surface area (Å²) in [6, 6.07) is 18.5. The predicted molar refractivity (Wildman–Crippen MR) is 115 cm³/mol. The van der Waals surface area contributed by atoms with Crippen molar-refractivity contribution in [3.05, 3.63) is 72.1 Å². The number of benzene rings is 2. The minimum Gasteiger partial charge on any atom is -0.347 e. The highest BCUT2D eigenvalue weighted by Gasteiger charge is 2.55. The number of carbonyl (C=O) groups is 1. The number of aromatic nitrogens is 2. The molecule has 4 saturated heterocycles. The van der Waals surface area contributed by atoms with E-state index in [1.165, 1.54) is 5.56 Å². The van der Waals surface area contributed by atoms with Crippen molar-refractivity contribution in [3.8, 4) is 0 Å². The molecule has 4 aliphatic rings. The monoisotopic (exact) mass is 399 g/mol. The van der Waals surface area contributed by atoms with Crippen LogP contribution in [0.3, 0.4) is 0 Å². The van der Waals surface area contributed by atoms with Crippen LogP contribution in [0.5, 0.6) is 0 Å². The van der Waals surface area contributed by atoms with Crippen molar-refractivity contribution >= 4 is 16.9 Å². The zero-order chi connectivity index (χ0) is 20.1. The van der Waals surface area contributed by atoms with Gasteiger partial charge in [0.05, 0.1) is 17.2 Å². The van der Waals surface area contributed by atoms with Crippen LogP contribution in [-0.4, -0.2) is 71.0 Å². The maximum atomic E-state index is 13.3. The van der Waals surface area contributed by atoms with Gasteiger partial charge in [0.25, 0.3) is 5.91 Å². The molecule has 7 rings (SSSR count). The molecule has 6 heteroatoms. The molecule has 2 aromatic carbocycles. The summed E-state index contributed by atoms with van der Waals surface area (Å²) in [6.07, 6.45) is 1.60. The quantitative estimate of drug-likeness (QED) is 0.729. The van der Waals surface area contributed by atoms with Gasteiger partial charge in [0.15, 0.2) is 0 Å². The van der Waals surface area contributed by atoms with Gasteiger partial charge >= 0.3 is 0 Å². The lowest BCUT2D eigenvalue weighted by Gasteiger charge is -2.55. The number of nitrogens with one attached hydrogen (secondary N) is 1.